The zero-order valence-electron chi connectivity index (χ0n) is 26.3. The van der Waals surface area contributed by atoms with Crippen molar-refractivity contribution in [2.45, 2.75) is 58.5 Å². The van der Waals surface area contributed by atoms with Crippen LogP contribution in [0.25, 0.3) is 27.1 Å². The van der Waals surface area contributed by atoms with Gasteiger partial charge in [0.2, 0.25) is 0 Å². The second kappa shape index (κ2) is 13.7. The number of fused-ring (bicyclic) bond motifs is 3. The van der Waals surface area contributed by atoms with E-state index < -0.39 is 5.60 Å². The van der Waals surface area contributed by atoms with E-state index in [1.54, 1.807) is 35.6 Å². The van der Waals surface area contributed by atoms with Gasteiger partial charge in [0.15, 0.2) is 17.6 Å². The number of rotatable bonds is 5. The molecule has 4 aromatic heterocycles. The lowest BCUT2D eigenvalue weighted by molar-refractivity contribution is -0.0441. The average Bonchev–Trinajstić information content (AvgIpc) is 3.74. The number of carbonyl (C=O) groups excluding carboxylic acids is 2. The normalized spacial score (nSPS) is 20.3. The van der Waals surface area contributed by atoms with E-state index in [4.69, 9.17) is 4.98 Å². The first-order chi connectivity index (χ1) is 21.8. The fraction of sp³-hybridized carbons (Fsp3) is 0.306. The molecule has 8 nitrogen and oxygen atoms in total. The number of amides is 1. The van der Waals surface area contributed by atoms with Gasteiger partial charge in [-0.1, -0.05) is 56.3 Å². The molecule has 232 valence electrons. The average molecular weight is 622 g/mol. The smallest absolute Gasteiger partial charge is 0.251 e. The highest BCUT2D eigenvalue weighted by Crippen LogP contribution is 2.45. The van der Waals surface area contributed by atoms with E-state index in [1.165, 1.54) is 23.1 Å². The summed E-state index contributed by atoms with van der Waals surface area (Å²) in [5, 5.41) is 20.3. The molecule has 0 spiro atoms. The van der Waals surface area contributed by atoms with E-state index in [2.05, 4.69) is 57.2 Å². The van der Waals surface area contributed by atoms with Gasteiger partial charge in [0.1, 0.15) is 0 Å². The van der Waals surface area contributed by atoms with Gasteiger partial charge in [-0.25, -0.2) is 9.97 Å². The molecule has 0 aliphatic heterocycles. The summed E-state index contributed by atoms with van der Waals surface area (Å²) in [6, 6.07) is 15.1. The minimum absolute atomic E-state index is 0.214. The topological polar surface area (TPSA) is 109 Å². The Bertz CT molecular complexity index is 1880. The summed E-state index contributed by atoms with van der Waals surface area (Å²) in [5.41, 5.74) is 6.56. The maximum absolute atomic E-state index is 11.1. The van der Waals surface area contributed by atoms with Crippen LogP contribution in [0, 0.1) is 12.8 Å². The van der Waals surface area contributed by atoms with Crippen LogP contribution in [0.1, 0.15) is 78.1 Å². The molecule has 1 unspecified atom stereocenters. The summed E-state index contributed by atoms with van der Waals surface area (Å²) < 4.78 is 1.86. The van der Waals surface area contributed by atoms with Crippen LogP contribution in [0.3, 0.4) is 0 Å². The molecule has 5 aromatic rings. The van der Waals surface area contributed by atoms with E-state index in [0.29, 0.717) is 23.3 Å². The second-order valence-electron chi connectivity index (χ2n) is 11.4. The number of benzene rings is 1. The Labute approximate surface area is 267 Å². The molecular weight excluding hydrogens is 582 g/mol. The Morgan fingerprint density at radius 1 is 1.16 bits per heavy atom. The highest BCUT2D eigenvalue weighted by molar-refractivity contribution is 7.13. The number of hydrogen-bond acceptors (Lipinski definition) is 7. The summed E-state index contributed by atoms with van der Waals surface area (Å²) in [4.78, 5) is 32.6. The molecule has 2 aliphatic rings. The van der Waals surface area contributed by atoms with E-state index >= 15 is 0 Å². The number of allylic oxidation sites excluding steroid dienone is 4. The van der Waals surface area contributed by atoms with Crippen molar-refractivity contribution in [1.82, 2.24) is 24.9 Å². The van der Waals surface area contributed by atoms with Crippen LogP contribution in [-0.4, -0.2) is 49.5 Å². The second-order valence-corrected chi connectivity index (χ2v) is 12.4. The third-order valence-electron chi connectivity index (χ3n) is 8.08. The molecule has 9 heteroatoms. The van der Waals surface area contributed by atoms with E-state index in [9.17, 15) is 14.7 Å². The number of aromatic nitrogens is 4. The molecule has 1 saturated carbocycles. The van der Waals surface area contributed by atoms with E-state index in [-0.39, 0.29) is 11.8 Å². The van der Waals surface area contributed by atoms with Crippen molar-refractivity contribution in [3.8, 4) is 10.4 Å². The molecule has 1 aromatic carbocycles. The fourth-order valence-corrected chi connectivity index (χ4v) is 6.65. The summed E-state index contributed by atoms with van der Waals surface area (Å²) in [6.45, 7) is 7.91. The van der Waals surface area contributed by atoms with Crippen molar-refractivity contribution in [3.63, 3.8) is 0 Å². The van der Waals surface area contributed by atoms with Gasteiger partial charge in [-0.3, -0.25) is 9.59 Å². The number of nitrogens with zero attached hydrogens (tertiary/aromatic N) is 4. The van der Waals surface area contributed by atoms with E-state index in [1.807, 2.05) is 44.5 Å². The number of nitrogens with one attached hydrogen (secondary N) is 1. The number of hydrogen-bond donors (Lipinski definition) is 2. The lowest BCUT2D eigenvalue weighted by Gasteiger charge is -2.42. The van der Waals surface area contributed by atoms with Gasteiger partial charge in [-0.15, -0.1) is 11.3 Å². The Morgan fingerprint density at radius 2 is 1.93 bits per heavy atom. The van der Waals surface area contributed by atoms with Gasteiger partial charge in [-0.05, 0) is 68.2 Å². The molecule has 0 radical (unpaired) electrons. The third-order valence-corrected chi connectivity index (χ3v) is 8.98. The minimum Gasteiger partial charge on any atom is -0.390 e. The number of pyridine rings is 1. The van der Waals surface area contributed by atoms with Gasteiger partial charge in [-0.2, -0.15) is 9.61 Å². The molecule has 1 amide bonds. The SMILES string of the molecule is CC.CNC(=O)c1ccccc1C=O.Cc1cc2ncc3cc(-c4cccs4)c(C4C=CC(C5CC(C)(O)C5)=CC4)nc3n2n1. The lowest BCUT2D eigenvalue weighted by Crippen LogP contribution is -2.41. The summed E-state index contributed by atoms with van der Waals surface area (Å²) in [6.07, 6.45) is 12.1. The maximum atomic E-state index is 11.1. The zero-order valence-corrected chi connectivity index (χ0v) is 27.1. The summed E-state index contributed by atoms with van der Waals surface area (Å²) >= 11 is 1.74. The van der Waals surface area contributed by atoms with Crippen molar-refractivity contribution in [1.29, 1.82) is 0 Å². The van der Waals surface area contributed by atoms with Gasteiger partial charge >= 0.3 is 0 Å². The fourth-order valence-electron chi connectivity index (χ4n) is 5.90. The summed E-state index contributed by atoms with van der Waals surface area (Å²) in [5.74, 6) is 0.453. The number of thiophene rings is 1. The highest BCUT2D eigenvalue weighted by atomic mass is 32.1. The van der Waals surface area contributed by atoms with Gasteiger partial charge in [0.05, 0.1) is 17.0 Å². The molecule has 1 fully saturated rings. The largest absolute Gasteiger partial charge is 0.390 e. The minimum atomic E-state index is -0.496. The van der Waals surface area contributed by atoms with Crippen LogP contribution in [0.4, 0.5) is 0 Å². The van der Waals surface area contributed by atoms with Crippen LogP contribution >= 0.6 is 11.3 Å². The first-order valence-corrected chi connectivity index (χ1v) is 16.2. The number of carbonyl (C=O) groups is 2. The summed E-state index contributed by atoms with van der Waals surface area (Å²) in [7, 11) is 1.53. The monoisotopic (exact) mass is 621 g/mol. The molecule has 7 rings (SSSR count). The Balaban J connectivity index is 0.000000242. The third kappa shape index (κ3) is 6.79. The molecular formula is C36H39N5O3S. The van der Waals surface area contributed by atoms with Crippen LogP contribution < -0.4 is 5.32 Å². The van der Waals surface area contributed by atoms with Crippen LogP contribution in [-0.2, 0) is 0 Å². The van der Waals surface area contributed by atoms with Crippen LogP contribution in [0.2, 0.25) is 0 Å². The first-order valence-electron chi connectivity index (χ1n) is 15.3. The van der Waals surface area contributed by atoms with Crippen molar-refractivity contribution in [2.75, 3.05) is 7.05 Å². The molecule has 1 atom stereocenters. The van der Waals surface area contributed by atoms with Gasteiger partial charge < -0.3 is 10.4 Å². The Kier molecular flexibility index (Phi) is 9.70. The highest BCUT2D eigenvalue weighted by Gasteiger charge is 2.40. The molecule has 0 bridgehead atoms. The standard InChI is InChI=1S/C25H24N4OS.C9H9NO2.C2H6/c1-15-10-22-26-14-18-11-20(21-4-3-9-31-21)23(27-24(18)29(22)28-15)17-7-5-16(6-8-17)19-12-25(2,30)13-19;1-10-9(12)8-5-3-2-4-7(8)6-11;1-2/h3-7,9-11,14,17,19,30H,8,12-13H2,1-2H3;2-6H,1H3,(H,10,12);1-2H3. The first kappa shape index (κ1) is 31.9. The van der Waals surface area contributed by atoms with Crippen LogP contribution in [0.5, 0.6) is 0 Å². The van der Waals surface area contributed by atoms with Crippen molar-refractivity contribution in [2.24, 2.45) is 5.92 Å². The molecule has 45 heavy (non-hydrogen) atoms. The lowest BCUT2D eigenvalue weighted by atomic mass is 9.67. The van der Waals surface area contributed by atoms with E-state index in [0.717, 1.165) is 47.3 Å². The van der Waals surface area contributed by atoms with Crippen LogP contribution in [0.15, 0.2) is 83.9 Å². The van der Waals surface area contributed by atoms with Gasteiger partial charge in [0.25, 0.3) is 5.91 Å². The Hall–Kier alpha value is -4.47. The number of aldehydes is 1. The molecule has 2 aliphatic carbocycles. The van der Waals surface area contributed by atoms with Crippen molar-refractivity contribution >= 4 is 40.2 Å². The number of aliphatic hydroxyl groups is 1. The van der Waals surface area contributed by atoms with Crippen molar-refractivity contribution < 1.29 is 14.7 Å². The Morgan fingerprint density at radius 3 is 2.58 bits per heavy atom. The molecule has 2 N–H and O–H groups in total. The molecule has 0 saturated heterocycles. The predicted octanol–water partition coefficient (Wildman–Crippen LogP) is 7.33. The zero-order chi connectivity index (χ0) is 32.1. The predicted molar refractivity (Wildman–Crippen MR) is 181 cm³/mol. The van der Waals surface area contributed by atoms with Gasteiger partial charge in [0, 0.05) is 52.2 Å². The molecule has 4 heterocycles. The maximum Gasteiger partial charge on any atom is 0.251 e. The van der Waals surface area contributed by atoms with Crippen molar-refractivity contribution in [3.05, 3.63) is 106 Å². The quantitative estimate of drug-likeness (QED) is 0.199. The number of aryl methyl sites for hydroxylation is 1.